The lowest BCUT2D eigenvalue weighted by atomic mass is 10.2. The maximum absolute atomic E-state index is 12.8. The van der Waals surface area contributed by atoms with Crippen molar-refractivity contribution in [2.45, 2.75) is 18.2 Å². The summed E-state index contributed by atoms with van der Waals surface area (Å²) in [5, 5.41) is 2.71. The van der Waals surface area contributed by atoms with Gasteiger partial charge in [0.05, 0.1) is 31.8 Å². The zero-order valence-electron chi connectivity index (χ0n) is 18.2. The molecule has 0 spiro atoms. The molecule has 1 aliphatic rings. The smallest absolute Gasteiger partial charge is 0.248 e. The molecule has 0 radical (unpaired) electrons. The number of anilines is 1. The van der Waals surface area contributed by atoms with Gasteiger partial charge in [0, 0.05) is 24.9 Å². The fourth-order valence-electron chi connectivity index (χ4n) is 3.15. The molecule has 3 rings (SSSR count). The van der Waals surface area contributed by atoms with E-state index in [0.29, 0.717) is 50.1 Å². The fraction of sp³-hybridized carbons (Fsp3) is 0.348. The summed E-state index contributed by atoms with van der Waals surface area (Å²) < 4.78 is 43.2. The second-order valence-electron chi connectivity index (χ2n) is 7.13. The molecule has 2 aromatic rings. The highest BCUT2D eigenvalue weighted by Gasteiger charge is 2.26. The third-order valence-corrected chi connectivity index (χ3v) is 6.68. The van der Waals surface area contributed by atoms with Gasteiger partial charge in [-0.1, -0.05) is 19.1 Å². The molecule has 1 amide bonds. The fourth-order valence-corrected chi connectivity index (χ4v) is 4.60. The monoisotopic (exact) mass is 460 g/mol. The van der Waals surface area contributed by atoms with Crippen LogP contribution in [0.15, 0.2) is 53.4 Å². The van der Waals surface area contributed by atoms with Crippen molar-refractivity contribution in [3.05, 3.63) is 54.1 Å². The molecule has 1 N–H and O–H groups in total. The van der Waals surface area contributed by atoms with E-state index in [9.17, 15) is 13.2 Å². The minimum Gasteiger partial charge on any atom is -0.493 e. The second kappa shape index (κ2) is 11.1. The first-order valence-corrected chi connectivity index (χ1v) is 11.9. The van der Waals surface area contributed by atoms with Gasteiger partial charge in [0.25, 0.3) is 0 Å². The van der Waals surface area contributed by atoms with Crippen molar-refractivity contribution >= 4 is 27.7 Å². The lowest BCUT2D eigenvalue weighted by molar-refractivity contribution is -0.111. The maximum atomic E-state index is 12.8. The Kier molecular flexibility index (Phi) is 8.26. The van der Waals surface area contributed by atoms with E-state index in [1.165, 1.54) is 22.5 Å². The normalized spacial score (nSPS) is 14.9. The number of morpholine rings is 1. The van der Waals surface area contributed by atoms with Crippen molar-refractivity contribution in [1.82, 2.24) is 4.31 Å². The van der Waals surface area contributed by atoms with Crippen LogP contribution in [0.1, 0.15) is 18.9 Å². The Bertz CT molecular complexity index is 1060. The van der Waals surface area contributed by atoms with Crippen LogP contribution < -0.4 is 14.8 Å². The van der Waals surface area contributed by atoms with Gasteiger partial charge in [-0.05, 0) is 48.4 Å². The first-order valence-electron chi connectivity index (χ1n) is 10.4. The first kappa shape index (κ1) is 23.8. The zero-order chi connectivity index (χ0) is 23.0. The van der Waals surface area contributed by atoms with Crippen LogP contribution >= 0.6 is 0 Å². The highest BCUT2D eigenvalue weighted by atomic mass is 32.2. The molecule has 32 heavy (non-hydrogen) atoms. The predicted octanol–water partition coefficient (Wildman–Crippen LogP) is 3.16. The molecule has 0 bridgehead atoms. The van der Waals surface area contributed by atoms with Gasteiger partial charge in [0.2, 0.25) is 15.9 Å². The number of carbonyl (C=O) groups is 1. The molecular weight excluding hydrogens is 432 g/mol. The van der Waals surface area contributed by atoms with E-state index >= 15 is 0 Å². The van der Waals surface area contributed by atoms with Gasteiger partial charge in [-0.25, -0.2) is 8.42 Å². The van der Waals surface area contributed by atoms with E-state index in [2.05, 4.69) is 5.32 Å². The minimum absolute atomic E-state index is 0.133. The molecule has 2 aromatic carbocycles. The highest BCUT2D eigenvalue weighted by Crippen LogP contribution is 2.28. The Hall–Kier alpha value is -2.88. The third-order valence-electron chi connectivity index (χ3n) is 4.79. The number of methoxy groups -OCH3 is 1. The molecule has 1 fully saturated rings. The molecule has 1 aliphatic heterocycles. The van der Waals surface area contributed by atoms with Gasteiger partial charge in [0.15, 0.2) is 11.5 Å². The number of sulfonamides is 1. The summed E-state index contributed by atoms with van der Waals surface area (Å²) in [6.45, 7) is 3.99. The van der Waals surface area contributed by atoms with E-state index in [1.54, 1.807) is 37.5 Å². The van der Waals surface area contributed by atoms with Gasteiger partial charge in [-0.15, -0.1) is 0 Å². The van der Waals surface area contributed by atoms with Crippen molar-refractivity contribution in [2.75, 3.05) is 45.3 Å². The average molecular weight is 461 g/mol. The SMILES string of the molecule is CCCOc1ccc(/C=C/C(=O)Nc2cccc(S(=O)(=O)N3CCOCC3)c2)cc1OC. The summed E-state index contributed by atoms with van der Waals surface area (Å²) in [5.74, 6) is 0.854. The molecule has 0 atom stereocenters. The predicted molar refractivity (Wildman–Crippen MR) is 122 cm³/mol. The quantitative estimate of drug-likeness (QED) is 0.578. The lowest BCUT2D eigenvalue weighted by Crippen LogP contribution is -2.40. The van der Waals surface area contributed by atoms with Gasteiger partial charge in [0.1, 0.15) is 0 Å². The second-order valence-corrected chi connectivity index (χ2v) is 9.06. The standard InChI is InChI=1S/C23H28N2O6S/c1-3-13-31-21-9-7-18(16-22(21)29-2)8-10-23(26)24-19-5-4-6-20(17-19)32(27,28)25-11-14-30-15-12-25/h4-10,16-17H,3,11-15H2,1-2H3,(H,24,26)/b10-8+. The van der Waals surface area contributed by atoms with Crippen LogP contribution in [-0.2, 0) is 19.6 Å². The zero-order valence-corrected chi connectivity index (χ0v) is 19.1. The Morgan fingerprint density at radius 1 is 1.16 bits per heavy atom. The van der Waals surface area contributed by atoms with E-state index in [4.69, 9.17) is 14.2 Å². The van der Waals surface area contributed by atoms with Crippen LogP contribution in [0.3, 0.4) is 0 Å². The number of amides is 1. The lowest BCUT2D eigenvalue weighted by Gasteiger charge is -2.26. The minimum atomic E-state index is -3.64. The van der Waals surface area contributed by atoms with Crippen molar-refractivity contribution in [2.24, 2.45) is 0 Å². The topological polar surface area (TPSA) is 94.2 Å². The van der Waals surface area contributed by atoms with Crippen molar-refractivity contribution in [3.63, 3.8) is 0 Å². The molecule has 9 heteroatoms. The van der Waals surface area contributed by atoms with Crippen LogP contribution in [0.2, 0.25) is 0 Å². The van der Waals surface area contributed by atoms with Crippen LogP contribution in [-0.4, -0.2) is 58.7 Å². The Labute approximate surface area is 188 Å². The van der Waals surface area contributed by atoms with Crippen LogP contribution in [0.4, 0.5) is 5.69 Å². The summed E-state index contributed by atoms with van der Waals surface area (Å²) in [7, 11) is -2.07. The van der Waals surface area contributed by atoms with E-state index in [1.807, 2.05) is 13.0 Å². The number of benzene rings is 2. The number of hydrogen-bond donors (Lipinski definition) is 1. The number of carbonyl (C=O) groups excluding carboxylic acids is 1. The molecule has 0 unspecified atom stereocenters. The number of nitrogens with zero attached hydrogens (tertiary/aromatic N) is 1. The molecule has 172 valence electrons. The largest absolute Gasteiger partial charge is 0.493 e. The molecule has 1 heterocycles. The number of ether oxygens (including phenoxy) is 3. The Balaban J connectivity index is 1.67. The Morgan fingerprint density at radius 2 is 1.94 bits per heavy atom. The molecular formula is C23H28N2O6S. The molecule has 0 aliphatic carbocycles. The molecule has 1 saturated heterocycles. The highest BCUT2D eigenvalue weighted by molar-refractivity contribution is 7.89. The van der Waals surface area contributed by atoms with Gasteiger partial charge < -0.3 is 19.5 Å². The van der Waals surface area contributed by atoms with Crippen LogP contribution in [0.25, 0.3) is 6.08 Å². The van der Waals surface area contributed by atoms with Gasteiger partial charge in [-0.2, -0.15) is 4.31 Å². The van der Waals surface area contributed by atoms with Crippen LogP contribution in [0, 0.1) is 0 Å². The van der Waals surface area contributed by atoms with E-state index in [0.717, 1.165) is 12.0 Å². The van der Waals surface area contributed by atoms with Crippen molar-refractivity contribution in [1.29, 1.82) is 0 Å². The number of nitrogens with one attached hydrogen (secondary N) is 1. The van der Waals surface area contributed by atoms with Gasteiger partial charge in [-0.3, -0.25) is 4.79 Å². The first-order chi connectivity index (χ1) is 15.4. The summed E-state index contributed by atoms with van der Waals surface area (Å²) in [4.78, 5) is 12.5. The van der Waals surface area contributed by atoms with E-state index < -0.39 is 10.0 Å². The summed E-state index contributed by atoms with van der Waals surface area (Å²) in [6, 6.07) is 11.6. The summed E-state index contributed by atoms with van der Waals surface area (Å²) in [5.41, 5.74) is 1.17. The van der Waals surface area contributed by atoms with Crippen molar-refractivity contribution in [3.8, 4) is 11.5 Å². The summed E-state index contributed by atoms with van der Waals surface area (Å²) >= 11 is 0. The van der Waals surface area contributed by atoms with Crippen molar-refractivity contribution < 1.29 is 27.4 Å². The average Bonchev–Trinajstić information content (AvgIpc) is 2.82. The maximum Gasteiger partial charge on any atom is 0.248 e. The molecule has 0 saturated carbocycles. The van der Waals surface area contributed by atoms with Gasteiger partial charge >= 0.3 is 0 Å². The number of hydrogen-bond acceptors (Lipinski definition) is 6. The summed E-state index contributed by atoms with van der Waals surface area (Å²) in [6.07, 6.45) is 3.92. The number of rotatable bonds is 9. The third kappa shape index (κ3) is 6.09. The Morgan fingerprint density at radius 3 is 2.66 bits per heavy atom. The molecule has 8 nitrogen and oxygen atoms in total. The molecule has 0 aromatic heterocycles. The van der Waals surface area contributed by atoms with E-state index in [-0.39, 0.29) is 10.8 Å². The van der Waals surface area contributed by atoms with Crippen LogP contribution in [0.5, 0.6) is 11.5 Å².